The van der Waals surface area contributed by atoms with Gasteiger partial charge in [-0.15, -0.1) is 6.42 Å². The van der Waals surface area contributed by atoms with E-state index < -0.39 is 0 Å². The molecular weight excluding hydrogens is 434 g/mol. The van der Waals surface area contributed by atoms with Crippen molar-refractivity contribution in [3.63, 3.8) is 0 Å². The minimum atomic E-state index is -0.137. The van der Waals surface area contributed by atoms with Gasteiger partial charge in [-0.1, -0.05) is 12.0 Å². The molecule has 4 aromatic rings. The van der Waals surface area contributed by atoms with Gasteiger partial charge in [-0.2, -0.15) is 0 Å². The summed E-state index contributed by atoms with van der Waals surface area (Å²) in [6, 6.07) is 6.25. The van der Waals surface area contributed by atoms with Crippen LogP contribution in [0.3, 0.4) is 0 Å². The largest absolute Gasteiger partial charge is 0.470 e. The molecule has 0 unspecified atom stereocenters. The number of aryl methyl sites for hydroxylation is 4. The molecule has 6 rings (SSSR count). The van der Waals surface area contributed by atoms with Gasteiger partial charge < -0.3 is 9.30 Å². The van der Waals surface area contributed by atoms with Crippen molar-refractivity contribution < 1.29 is 4.74 Å². The Bertz CT molecular complexity index is 1520. The first-order valence-corrected chi connectivity index (χ1v) is 12.3. The highest BCUT2D eigenvalue weighted by Crippen LogP contribution is 2.50. The highest BCUT2D eigenvalue weighted by Gasteiger charge is 2.44. The normalized spacial score (nSPS) is 21.2. The zero-order valence-corrected chi connectivity index (χ0v) is 20.7. The van der Waals surface area contributed by atoms with E-state index in [1.54, 1.807) is 6.33 Å². The summed E-state index contributed by atoms with van der Waals surface area (Å²) in [4.78, 5) is 18.4. The molecule has 4 aromatic heterocycles. The summed E-state index contributed by atoms with van der Waals surface area (Å²) in [6.45, 7) is 6.20. The molecule has 1 aliphatic heterocycles. The molecule has 0 N–H and O–H groups in total. The van der Waals surface area contributed by atoms with Crippen molar-refractivity contribution in [2.24, 2.45) is 7.05 Å². The molecule has 176 valence electrons. The summed E-state index contributed by atoms with van der Waals surface area (Å²) in [7, 11) is 2.09. The number of aromatic nitrogens is 5. The number of fused-ring (bicyclic) bond motifs is 2. The number of rotatable bonds is 2. The zero-order valence-electron chi connectivity index (χ0n) is 20.7. The summed E-state index contributed by atoms with van der Waals surface area (Å²) >= 11 is 0. The molecule has 2 aliphatic rings. The molecule has 35 heavy (non-hydrogen) atoms. The average molecular weight is 464 g/mol. The molecule has 0 radical (unpaired) electrons. The molecule has 1 fully saturated rings. The average Bonchev–Trinajstić information content (AvgIpc) is 3.35. The fraction of sp³-hybridized carbons (Fsp3) is 0.379. The minimum Gasteiger partial charge on any atom is -0.470 e. The van der Waals surface area contributed by atoms with Gasteiger partial charge in [0.25, 0.3) is 0 Å². The number of terminal acetylenes is 1. The first-order chi connectivity index (χ1) is 16.9. The lowest BCUT2D eigenvalue weighted by Gasteiger charge is -2.36. The van der Waals surface area contributed by atoms with E-state index in [4.69, 9.17) is 11.2 Å². The fourth-order valence-electron chi connectivity index (χ4n) is 6.13. The van der Waals surface area contributed by atoms with Crippen LogP contribution in [0.2, 0.25) is 0 Å². The predicted molar refractivity (Wildman–Crippen MR) is 136 cm³/mol. The maximum absolute atomic E-state index is 6.51. The van der Waals surface area contributed by atoms with Crippen molar-refractivity contribution in [1.82, 2.24) is 24.5 Å². The molecule has 0 aromatic carbocycles. The van der Waals surface area contributed by atoms with E-state index >= 15 is 0 Å². The number of hydrogen-bond donors (Lipinski definition) is 0. The van der Waals surface area contributed by atoms with Crippen LogP contribution in [-0.2, 0) is 13.5 Å². The second kappa shape index (κ2) is 7.91. The van der Waals surface area contributed by atoms with E-state index in [9.17, 15) is 0 Å². The SMILES string of the molecule is C#Cc1cc(C)c(-c2c(C3CCC4(CC3)Cc3ccc(C)nc3O4)c3c(C)ncnc3n2C)cn1. The third-order valence-corrected chi connectivity index (χ3v) is 7.92. The predicted octanol–water partition coefficient (Wildman–Crippen LogP) is 5.36. The van der Waals surface area contributed by atoms with E-state index in [-0.39, 0.29) is 5.60 Å². The zero-order chi connectivity index (χ0) is 24.3. The van der Waals surface area contributed by atoms with E-state index in [0.717, 1.165) is 66.1 Å². The van der Waals surface area contributed by atoms with Crippen LogP contribution in [-0.4, -0.2) is 30.1 Å². The van der Waals surface area contributed by atoms with Crippen LogP contribution < -0.4 is 4.74 Å². The smallest absolute Gasteiger partial charge is 0.217 e. The van der Waals surface area contributed by atoms with Gasteiger partial charge in [0, 0.05) is 41.9 Å². The van der Waals surface area contributed by atoms with E-state index in [0.29, 0.717) is 11.6 Å². The lowest BCUT2D eigenvalue weighted by molar-refractivity contribution is 0.0433. The lowest BCUT2D eigenvalue weighted by atomic mass is 9.73. The van der Waals surface area contributed by atoms with E-state index in [1.807, 2.05) is 19.2 Å². The highest BCUT2D eigenvalue weighted by atomic mass is 16.5. The van der Waals surface area contributed by atoms with Crippen molar-refractivity contribution in [2.45, 2.75) is 64.4 Å². The van der Waals surface area contributed by atoms with Gasteiger partial charge in [-0.3, -0.25) is 0 Å². The number of hydrogen-bond acceptors (Lipinski definition) is 5. The highest BCUT2D eigenvalue weighted by molar-refractivity contribution is 5.92. The van der Waals surface area contributed by atoms with Crippen molar-refractivity contribution in [2.75, 3.05) is 0 Å². The summed E-state index contributed by atoms with van der Waals surface area (Å²) in [5, 5.41) is 1.17. The van der Waals surface area contributed by atoms with Gasteiger partial charge in [0.1, 0.15) is 23.3 Å². The molecule has 0 saturated heterocycles. The van der Waals surface area contributed by atoms with Crippen LogP contribution in [0.15, 0.2) is 30.7 Å². The third-order valence-electron chi connectivity index (χ3n) is 7.92. The minimum absolute atomic E-state index is 0.137. The lowest BCUT2D eigenvalue weighted by Crippen LogP contribution is -2.38. The van der Waals surface area contributed by atoms with Crippen molar-refractivity contribution in [3.05, 3.63) is 64.5 Å². The quantitative estimate of drug-likeness (QED) is 0.374. The summed E-state index contributed by atoms with van der Waals surface area (Å²) < 4.78 is 8.71. The van der Waals surface area contributed by atoms with Gasteiger partial charge in [-0.05, 0) is 75.6 Å². The first kappa shape index (κ1) is 21.8. The second-order valence-corrected chi connectivity index (χ2v) is 10.2. The Balaban J connectivity index is 1.41. The van der Waals surface area contributed by atoms with Gasteiger partial charge in [0.05, 0.1) is 11.4 Å². The topological polar surface area (TPSA) is 65.7 Å². The Morgan fingerprint density at radius 2 is 1.91 bits per heavy atom. The Labute approximate surface area is 205 Å². The Hall–Kier alpha value is -3.72. The number of nitrogens with zero attached hydrogens (tertiary/aromatic N) is 5. The van der Waals surface area contributed by atoms with Gasteiger partial charge >= 0.3 is 0 Å². The van der Waals surface area contributed by atoms with E-state index in [2.05, 4.69) is 63.5 Å². The molecule has 1 spiro atoms. The maximum atomic E-state index is 6.51. The standard InChI is InChI=1S/C29H29N5O/c1-6-22-13-17(2)23(15-30-22)26-25(24-19(4)31-16-32-27(24)34(26)5)20-9-11-29(12-10-20)14-21-8-7-18(3)33-28(21)35-29/h1,7-8,13,15-16,20H,9-12,14H2,2-5H3. The van der Waals surface area contributed by atoms with E-state index in [1.165, 1.54) is 22.2 Å². The number of pyridine rings is 2. The molecule has 0 atom stereocenters. The Kier molecular flexibility index (Phi) is 4.93. The molecular formula is C29H29N5O. The Morgan fingerprint density at radius 1 is 1.11 bits per heavy atom. The molecule has 6 nitrogen and oxygen atoms in total. The summed E-state index contributed by atoms with van der Waals surface area (Å²) in [6.07, 6.45) is 14.2. The van der Waals surface area contributed by atoms with Crippen molar-refractivity contribution >= 4 is 11.0 Å². The monoisotopic (exact) mass is 463 g/mol. The first-order valence-electron chi connectivity index (χ1n) is 12.3. The van der Waals surface area contributed by atoms with Gasteiger partial charge in [0.2, 0.25) is 5.88 Å². The van der Waals surface area contributed by atoms with Crippen LogP contribution in [0, 0.1) is 33.1 Å². The van der Waals surface area contributed by atoms with Crippen molar-refractivity contribution in [1.29, 1.82) is 0 Å². The molecule has 0 amide bonds. The van der Waals surface area contributed by atoms with Crippen LogP contribution in [0.5, 0.6) is 5.88 Å². The third kappa shape index (κ3) is 3.41. The summed E-state index contributed by atoms with van der Waals surface area (Å²) in [5.41, 5.74) is 9.46. The molecule has 0 bridgehead atoms. The molecule has 1 aliphatic carbocycles. The van der Waals surface area contributed by atoms with Crippen molar-refractivity contribution in [3.8, 4) is 29.5 Å². The molecule has 1 saturated carbocycles. The van der Waals surface area contributed by atoms with Crippen LogP contribution in [0.4, 0.5) is 0 Å². The van der Waals surface area contributed by atoms with Crippen LogP contribution in [0.1, 0.15) is 65.4 Å². The molecule has 6 heteroatoms. The number of ether oxygens (including phenoxy) is 1. The maximum Gasteiger partial charge on any atom is 0.217 e. The second-order valence-electron chi connectivity index (χ2n) is 10.2. The molecule has 5 heterocycles. The van der Waals surface area contributed by atoms with Gasteiger partial charge in [0.15, 0.2) is 0 Å². The van der Waals surface area contributed by atoms with Gasteiger partial charge in [-0.25, -0.2) is 19.9 Å². The fourth-order valence-corrected chi connectivity index (χ4v) is 6.13. The van der Waals surface area contributed by atoms with Crippen LogP contribution >= 0.6 is 0 Å². The summed E-state index contributed by atoms with van der Waals surface area (Å²) in [5.74, 6) is 3.87. The Morgan fingerprint density at radius 3 is 2.66 bits per heavy atom. The van der Waals surface area contributed by atoms with Crippen LogP contribution in [0.25, 0.3) is 22.3 Å².